The van der Waals surface area contributed by atoms with Gasteiger partial charge in [0.1, 0.15) is 5.75 Å². The molecule has 29 heavy (non-hydrogen) atoms. The van der Waals surface area contributed by atoms with Crippen molar-refractivity contribution < 1.29 is 19.2 Å². The minimum absolute atomic E-state index is 0.0376. The molecular formula is C20H20BrN3O5. The number of carbonyl (C=O) groups is 2. The minimum atomic E-state index is -0.556. The summed E-state index contributed by atoms with van der Waals surface area (Å²) in [6.07, 6.45) is 2.67. The summed E-state index contributed by atoms with van der Waals surface area (Å²) in [6, 6.07) is 11.3. The van der Waals surface area contributed by atoms with Gasteiger partial charge < -0.3 is 4.74 Å². The molecule has 0 aliphatic rings. The maximum Gasteiger partial charge on any atom is 0.276 e. The summed E-state index contributed by atoms with van der Waals surface area (Å²) in [5, 5.41) is 10.6. The molecule has 0 atom stereocenters. The Labute approximate surface area is 176 Å². The van der Waals surface area contributed by atoms with E-state index in [0.29, 0.717) is 17.2 Å². The Bertz CT molecular complexity index is 926. The summed E-state index contributed by atoms with van der Waals surface area (Å²) in [6.45, 7) is 3.88. The summed E-state index contributed by atoms with van der Waals surface area (Å²) in [4.78, 5) is 33.7. The number of nitrogens with one attached hydrogen (secondary N) is 2. The predicted molar refractivity (Wildman–Crippen MR) is 112 cm³/mol. The summed E-state index contributed by atoms with van der Waals surface area (Å²) >= 11 is 3.41. The molecule has 0 radical (unpaired) electrons. The lowest BCUT2D eigenvalue weighted by molar-refractivity contribution is -0.384. The van der Waals surface area contributed by atoms with Crippen molar-refractivity contribution in [3.8, 4) is 5.75 Å². The monoisotopic (exact) mass is 461 g/mol. The lowest BCUT2D eigenvalue weighted by atomic mass is 10.0. The fourth-order valence-electron chi connectivity index (χ4n) is 2.22. The number of amides is 2. The van der Waals surface area contributed by atoms with E-state index >= 15 is 0 Å². The van der Waals surface area contributed by atoms with E-state index in [9.17, 15) is 19.7 Å². The van der Waals surface area contributed by atoms with E-state index in [4.69, 9.17) is 4.74 Å². The molecule has 2 aromatic carbocycles. The molecule has 0 saturated carbocycles. The molecule has 2 rings (SSSR count). The number of ether oxygens (including phenoxy) is 1. The number of nitrogens with zero attached hydrogens (tertiary/aromatic N) is 1. The molecule has 152 valence electrons. The average Bonchev–Trinajstić information content (AvgIpc) is 2.69. The third-order valence-corrected chi connectivity index (χ3v) is 4.46. The summed E-state index contributed by atoms with van der Waals surface area (Å²) in [5.74, 6) is -0.187. The van der Waals surface area contributed by atoms with Gasteiger partial charge in [0.2, 0.25) is 0 Å². The molecule has 2 amide bonds. The van der Waals surface area contributed by atoms with Gasteiger partial charge in [0.05, 0.1) is 9.40 Å². The second kappa shape index (κ2) is 10.4. The first-order valence-corrected chi connectivity index (χ1v) is 9.49. The maximum absolute atomic E-state index is 11.8. The number of nitro benzene ring substituents is 1. The van der Waals surface area contributed by atoms with Crippen molar-refractivity contribution in [2.75, 3.05) is 6.61 Å². The SMILES string of the molecule is CC(C)c1ccc(OCC(=O)NNC(=O)/C=C/c2ccc([N+](=O)[O-])cc2)c(Br)c1. The molecule has 8 nitrogen and oxygen atoms in total. The van der Waals surface area contributed by atoms with Crippen molar-refractivity contribution in [3.63, 3.8) is 0 Å². The molecule has 0 aliphatic heterocycles. The number of hydrazine groups is 1. The van der Waals surface area contributed by atoms with E-state index in [1.165, 1.54) is 36.4 Å². The second-order valence-electron chi connectivity index (χ2n) is 6.35. The standard InChI is InChI=1S/C20H20BrN3O5/c1-13(2)15-6-9-18(17(21)11-15)29-12-20(26)23-22-19(25)10-5-14-3-7-16(8-4-14)24(27)28/h3-11,13H,12H2,1-2H3,(H,22,25)(H,23,26)/b10-5+. The first kappa shape index (κ1) is 22.1. The molecule has 0 unspecified atom stereocenters. The highest BCUT2D eigenvalue weighted by Gasteiger charge is 2.08. The van der Waals surface area contributed by atoms with Crippen LogP contribution in [-0.2, 0) is 9.59 Å². The van der Waals surface area contributed by atoms with Crippen molar-refractivity contribution in [3.05, 3.63) is 74.3 Å². The van der Waals surface area contributed by atoms with Crippen LogP contribution in [0.25, 0.3) is 6.08 Å². The van der Waals surface area contributed by atoms with Crippen LogP contribution in [0.15, 0.2) is 53.0 Å². The number of carbonyl (C=O) groups excluding carboxylic acids is 2. The Morgan fingerprint density at radius 3 is 2.45 bits per heavy atom. The molecule has 0 fully saturated rings. The smallest absolute Gasteiger partial charge is 0.276 e. The summed E-state index contributed by atoms with van der Waals surface area (Å²) in [7, 11) is 0. The van der Waals surface area contributed by atoms with Crippen LogP contribution >= 0.6 is 15.9 Å². The van der Waals surface area contributed by atoms with Gasteiger partial charge in [-0.15, -0.1) is 0 Å². The molecule has 0 aromatic heterocycles. The highest BCUT2D eigenvalue weighted by molar-refractivity contribution is 9.10. The number of hydrogen-bond donors (Lipinski definition) is 2. The van der Waals surface area contributed by atoms with Gasteiger partial charge in [-0.1, -0.05) is 19.9 Å². The van der Waals surface area contributed by atoms with Crippen LogP contribution in [0.4, 0.5) is 5.69 Å². The fourth-order valence-corrected chi connectivity index (χ4v) is 2.74. The quantitative estimate of drug-likeness (QED) is 0.370. The molecule has 0 spiro atoms. The molecule has 0 heterocycles. The van der Waals surface area contributed by atoms with Crippen LogP contribution in [-0.4, -0.2) is 23.3 Å². The largest absolute Gasteiger partial charge is 0.483 e. The Kier molecular flexibility index (Phi) is 7.90. The Morgan fingerprint density at radius 1 is 1.17 bits per heavy atom. The first-order chi connectivity index (χ1) is 13.8. The van der Waals surface area contributed by atoms with Gasteiger partial charge in [0.15, 0.2) is 6.61 Å². The van der Waals surface area contributed by atoms with E-state index < -0.39 is 16.7 Å². The number of nitro groups is 1. The molecule has 9 heteroatoms. The van der Waals surface area contributed by atoms with Crippen LogP contribution in [0.1, 0.15) is 30.9 Å². The van der Waals surface area contributed by atoms with E-state index in [2.05, 4.69) is 40.6 Å². The van der Waals surface area contributed by atoms with E-state index in [-0.39, 0.29) is 12.3 Å². The molecular weight excluding hydrogens is 442 g/mol. The Hall–Kier alpha value is -3.20. The third-order valence-electron chi connectivity index (χ3n) is 3.84. The summed E-state index contributed by atoms with van der Waals surface area (Å²) in [5.41, 5.74) is 6.18. The molecule has 0 saturated heterocycles. The van der Waals surface area contributed by atoms with Crippen molar-refractivity contribution in [1.29, 1.82) is 0 Å². The van der Waals surface area contributed by atoms with Crippen molar-refractivity contribution in [2.24, 2.45) is 0 Å². The van der Waals surface area contributed by atoms with Gasteiger partial charge in [0, 0.05) is 18.2 Å². The van der Waals surface area contributed by atoms with Crippen molar-refractivity contribution in [1.82, 2.24) is 10.9 Å². The zero-order valence-electron chi connectivity index (χ0n) is 15.8. The lowest BCUT2D eigenvalue weighted by Crippen LogP contribution is -2.43. The zero-order valence-corrected chi connectivity index (χ0v) is 17.4. The fraction of sp³-hybridized carbons (Fsp3) is 0.200. The minimum Gasteiger partial charge on any atom is -0.483 e. The van der Waals surface area contributed by atoms with Crippen LogP contribution in [0, 0.1) is 10.1 Å². The van der Waals surface area contributed by atoms with Crippen molar-refractivity contribution in [2.45, 2.75) is 19.8 Å². The van der Waals surface area contributed by atoms with Gasteiger partial charge in [0.25, 0.3) is 17.5 Å². The lowest BCUT2D eigenvalue weighted by Gasteiger charge is -2.11. The number of benzene rings is 2. The highest BCUT2D eigenvalue weighted by atomic mass is 79.9. The molecule has 2 N–H and O–H groups in total. The van der Waals surface area contributed by atoms with Gasteiger partial charge in [-0.3, -0.25) is 30.6 Å². The third kappa shape index (κ3) is 7.04. The molecule has 2 aromatic rings. The normalized spacial score (nSPS) is 10.8. The average molecular weight is 462 g/mol. The number of non-ortho nitro benzene ring substituents is 1. The van der Waals surface area contributed by atoms with Crippen LogP contribution in [0.5, 0.6) is 5.75 Å². The second-order valence-corrected chi connectivity index (χ2v) is 7.21. The highest BCUT2D eigenvalue weighted by Crippen LogP contribution is 2.28. The topological polar surface area (TPSA) is 111 Å². The van der Waals surface area contributed by atoms with Gasteiger partial charge in [-0.05, 0) is 63.3 Å². The van der Waals surface area contributed by atoms with Gasteiger partial charge >= 0.3 is 0 Å². The molecule has 0 aliphatic carbocycles. The van der Waals surface area contributed by atoms with E-state index in [1.807, 2.05) is 12.1 Å². The van der Waals surface area contributed by atoms with E-state index in [0.717, 1.165) is 10.0 Å². The Balaban J connectivity index is 1.78. The molecule has 0 bridgehead atoms. The zero-order chi connectivity index (χ0) is 21.4. The number of rotatable bonds is 7. The van der Waals surface area contributed by atoms with Crippen molar-refractivity contribution >= 4 is 39.5 Å². The van der Waals surface area contributed by atoms with Crippen LogP contribution < -0.4 is 15.6 Å². The van der Waals surface area contributed by atoms with Gasteiger partial charge in [-0.25, -0.2) is 0 Å². The predicted octanol–water partition coefficient (Wildman–Crippen LogP) is 3.72. The van der Waals surface area contributed by atoms with Crippen LogP contribution in [0.2, 0.25) is 0 Å². The first-order valence-electron chi connectivity index (χ1n) is 8.70. The number of hydrogen-bond acceptors (Lipinski definition) is 5. The number of halogens is 1. The van der Waals surface area contributed by atoms with Crippen LogP contribution in [0.3, 0.4) is 0 Å². The van der Waals surface area contributed by atoms with E-state index in [1.54, 1.807) is 6.07 Å². The maximum atomic E-state index is 11.8. The summed E-state index contributed by atoms with van der Waals surface area (Å²) < 4.78 is 6.18. The van der Waals surface area contributed by atoms with Gasteiger partial charge in [-0.2, -0.15) is 0 Å². The Morgan fingerprint density at radius 2 is 1.86 bits per heavy atom.